The number of aromatic nitrogens is 6. The fourth-order valence-corrected chi connectivity index (χ4v) is 4.06. The van der Waals surface area contributed by atoms with Gasteiger partial charge in [-0.25, -0.2) is 19.9 Å². The zero-order valence-corrected chi connectivity index (χ0v) is 19.2. The Hall–Kier alpha value is -3.56. The molecule has 33 heavy (non-hydrogen) atoms. The van der Waals surface area contributed by atoms with Crippen molar-refractivity contribution in [1.82, 2.24) is 29.7 Å². The van der Waals surface area contributed by atoms with Gasteiger partial charge in [0.25, 0.3) is 0 Å². The molecule has 4 rings (SSSR count). The molecule has 0 aromatic carbocycles. The third-order valence-corrected chi connectivity index (χ3v) is 6.00. The largest absolute Gasteiger partial charge is 0.487 e. The van der Waals surface area contributed by atoms with Gasteiger partial charge in [0.1, 0.15) is 0 Å². The first-order valence-corrected chi connectivity index (χ1v) is 11.2. The van der Waals surface area contributed by atoms with Crippen LogP contribution in [-0.4, -0.2) is 46.9 Å². The Bertz CT molecular complexity index is 1130. The van der Waals surface area contributed by atoms with Gasteiger partial charge in [-0.3, -0.25) is 9.48 Å². The molecule has 2 N–H and O–H groups in total. The van der Waals surface area contributed by atoms with Crippen molar-refractivity contribution >= 4 is 11.9 Å². The van der Waals surface area contributed by atoms with Crippen LogP contribution in [0.25, 0.3) is 11.4 Å². The van der Waals surface area contributed by atoms with E-state index in [1.807, 2.05) is 20.0 Å². The Balaban J connectivity index is 1.48. The van der Waals surface area contributed by atoms with Crippen LogP contribution in [0.2, 0.25) is 0 Å². The van der Waals surface area contributed by atoms with E-state index in [-0.39, 0.29) is 12.0 Å². The molecule has 3 aromatic rings. The average molecular weight is 452 g/mol. The summed E-state index contributed by atoms with van der Waals surface area (Å²) < 4.78 is 7.86. The number of hydrogen-bond acceptors (Lipinski definition) is 8. The van der Waals surface area contributed by atoms with Crippen LogP contribution in [0.15, 0.2) is 24.7 Å². The quantitative estimate of drug-likeness (QED) is 0.530. The highest BCUT2D eigenvalue weighted by molar-refractivity contribution is 5.70. The maximum Gasteiger partial charge on any atom is 0.306 e. The van der Waals surface area contributed by atoms with Gasteiger partial charge in [-0.15, -0.1) is 0 Å². The molecule has 1 aliphatic rings. The molecule has 10 nitrogen and oxygen atoms in total. The van der Waals surface area contributed by atoms with E-state index >= 15 is 0 Å². The van der Waals surface area contributed by atoms with Gasteiger partial charge >= 0.3 is 5.97 Å². The van der Waals surface area contributed by atoms with Gasteiger partial charge in [0.2, 0.25) is 5.95 Å². The van der Waals surface area contributed by atoms with Crippen LogP contribution in [0, 0.1) is 12.8 Å². The van der Waals surface area contributed by atoms with E-state index in [1.54, 1.807) is 23.3 Å². The van der Waals surface area contributed by atoms with E-state index in [0.717, 1.165) is 36.2 Å². The molecule has 1 saturated carbocycles. The summed E-state index contributed by atoms with van der Waals surface area (Å²) >= 11 is 0. The summed E-state index contributed by atoms with van der Waals surface area (Å²) in [7, 11) is 1.87. The van der Waals surface area contributed by atoms with Crippen molar-refractivity contribution in [2.45, 2.75) is 58.6 Å². The number of nitrogens with zero attached hydrogens (tertiary/aromatic N) is 6. The molecule has 0 bridgehead atoms. The van der Waals surface area contributed by atoms with Gasteiger partial charge < -0.3 is 15.2 Å². The van der Waals surface area contributed by atoms with Crippen molar-refractivity contribution in [2.75, 3.05) is 5.32 Å². The van der Waals surface area contributed by atoms with Crippen LogP contribution in [-0.2, 0) is 24.8 Å². The minimum absolute atomic E-state index is 0.134. The molecule has 2 atom stereocenters. The second-order valence-corrected chi connectivity index (χ2v) is 8.29. The van der Waals surface area contributed by atoms with Crippen LogP contribution in [0.5, 0.6) is 5.75 Å². The number of aryl methyl sites for hydroxylation is 3. The first-order valence-electron chi connectivity index (χ1n) is 11.2. The van der Waals surface area contributed by atoms with Crippen LogP contribution in [0.1, 0.15) is 49.7 Å². The molecule has 0 saturated heterocycles. The number of nitrogens with one attached hydrogen (secondary N) is 1. The van der Waals surface area contributed by atoms with Crippen molar-refractivity contribution in [3.8, 4) is 17.1 Å². The highest BCUT2D eigenvalue weighted by Crippen LogP contribution is 2.30. The fraction of sp³-hybridized carbons (Fsp3) is 0.478. The molecular formula is C23H29N7O3. The summed E-state index contributed by atoms with van der Waals surface area (Å²) in [6.45, 7) is 4.39. The first-order chi connectivity index (χ1) is 15.9. The van der Waals surface area contributed by atoms with Crippen molar-refractivity contribution < 1.29 is 14.6 Å². The molecule has 3 aromatic heterocycles. The van der Waals surface area contributed by atoms with E-state index in [9.17, 15) is 9.90 Å². The molecule has 0 radical (unpaired) electrons. The Morgan fingerprint density at radius 1 is 1.27 bits per heavy atom. The second kappa shape index (κ2) is 9.93. The zero-order valence-electron chi connectivity index (χ0n) is 19.2. The number of carboxylic acid groups (broad SMARTS) is 1. The van der Waals surface area contributed by atoms with Gasteiger partial charge in [0.15, 0.2) is 11.6 Å². The third-order valence-electron chi connectivity index (χ3n) is 6.00. The SMILES string of the molecule is CCc1ccnc(NCc2c(-c3ncc(O[C@H]4CCC[C@H](C(=O)O)C4)c(C)n3)cnn2C)n1. The van der Waals surface area contributed by atoms with Gasteiger partial charge in [0.05, 0.1) is 47.9 Å². The molecule has 0 spiro atoms. The van der Waals surface area contributed by atoms with Gasteiger partial charge in [0, 0.05) is 18.9 Å². The normalized spacial score (nSPS) is 18.2. The van der Waals surface area contributed by atoms with E-state index < -0.39 is 5.97 Å². The van der Waals surface area contributed by atoms with Crippen LogP contribution >= 0.6 is 0 Å². The average Bonchev–Trinajstić information content (AvgIpc) is 3.19. The van der Waals surface area contributed by atoms with Crippen molar-refractivity contribution in [3.63, 3.8) is 0 Å². The van der Waals surface area contributed by atoms with Crippen molar-refractivity contribution in [3.05, 3.63) is 41.7 Å². The first kappa shape index (κ1) is 22.6. The molecule has 10 heteroatoms. The second-order valence-electron chi connectivity index (χ2n) is 8.29. The minimum Gasteiger partial charge on any atom is -0.487 e. The van der Waals surface area contributed by atoms with E-state index in [0.29, 0.717) is 42.6 Å². The number of anilines is 1. The lowest BCUT2D eigenvalue weighted by atomic mass is 9.87. The molecule has 0 unspecified atom stereocenters. The molecule has 3 heterocycles. The monoisotopic (exact) mass is 451 g/mol. The topological polar surface area (TPSA) is 128 Å². The van der Waals surface area contributed by atoms with E-state index in [1.165, 1.54) is 0 Å². The summed E-state index contributed by atoms with van der Waals surface area (Å²) in [4.78, 5) is 29.3. The number of rotatable bonds is 8. The summed E-state index contributed by atoms with van der Waals surface area (Å²) in [5, 5.41) is 16.9. The minimum atomic E-state index is -0.754. The number of ether oxygens (including phenoxy) is 1. The third kappa shape index (κ3) is 5.27. The summed E-state index contributed by atoms with van der Waals surface area (Å²) in [5.74, 6) is 0.602. The van der Waals surface area contributed by atoms with Crippen LogP contribution in [0.3, 0.4) is 0 Å². The Morgan fingerprint density at radius 3 is 2.88 bits per heavy atom. The number of carbonyl (C=O) groups is 1. The Labute approximate surface area is 192 Å². The highest BCUT2D eigenvalue weighted by atomic mass is 16.5. The number of carboxylic acids is 1. The molecule has 0 amide bonds. The van der Waals surface area contributed by atoms with E-state index in [2.05, 4.69) is 37.3 Å². The molecule has 0 aliphatic heterocycles. The lowest BCUT2D eigenvalue weighted by Gasteiger charge is -2.27. The number of aliphatic carboxylic acids is 1. The molecular weight excluding hydrogens is 422 g/mol. The molecule has 1 fully saturated rings. The lowest BCUT2D eigenvalue weighted by molar-refractivity contribution is -0.143. The zero-order chi connectivity index (χ0) is 23.4. The van der Waals surface area contributed by atoms with Crippen molar-refractivity contribution in [1.29, 1.82) is 0 Å². The maximum absolute atomic E-state index is 11.3. The lowest BCUT2D eigenvalue weighted by Crippen LogP contribution is -2.29. The molecule has 174 valence electrons. The van der Waals surface area contributed by atoms with Gasteiger partial charge in [-0.1, -0.05) is 6.92 Å². The summed E-state index contributed by atoms with van der Waals surface area (Å²) in [6, 6.07) is 1.90. The van der Waals surface area contributed by atoms with E-state index in [4.69, 9.17) is 4.74 Å². The predicted molar refractivity (Wildman–Crippen MR) is 122 cm³/mol. The fourth-order valence-electron chi connectivity index (χ4n) is 4.06. The smallest absolute Gasteiger partial charge is 0.306 e. The maximum atomic E-state index is 11.3. The summed E-state index contributed by atoms with van der Waals surface area (Å²) in [6.07, 6.45) is 8.76. The molecule has 1 aliphatic carbocycles. The highest BCUT2D eigenvalue weighted by Gasteiger charge is 2.28. The van der Waals surface area contributed by atoms with Crippen molar-refractivity contribution in [2.24, 2.45) is 13.0 Å². The van der Waals surface area contributed by atoms with Crippen LogP contribution in [0.4, 0.5) is 5.95 Å². The summed E-state index contributed by atoms with van der Waals surface area (Å²) in [5.41, 5.74) is 3.40. The van der Waals surface area contributed by atoms with Gasteiger partial charge in [-0.2, -0.15) is 5.10 Å². The number of hydrogen-bond donors (Lipinski definition) is 2. The Morgan fingerprint density at radius 2 is 2.12 bits per heavy atom. The van der Waals surface area contributed by atoms with Gasteiger partial charge in [-0.05, 0) is 45.1 Å². The Kier molecular flexibility index (Phi) is 6.81. The predicted octanol–water partition coefficient (Wildman–Crippen LogP) is 3.17. The standard InChI is InChI=1S/C23H29N7O3/c1-4-16-8-9-24-23(29-16)26-12-19-18(11-27-30(19)3)21-25-13-20(14(2)28-21)33-17-7-5-6-15(10-17)22(31)32/h8-9,11,13,15,17H,4-7,10,12H2,1-3H3,(H,31,32)(H,24,26,29)/t15-,17-/m0/s1. The van der Waals surface area contributed by atoms with Crippen LogP contribution < -0.4 is 10.1 Å².